The van der Waals surface area contributed by atoms with Crippen molar-refractivity contribution in [3.63, 3.8) is 0 Å². The van der Waals surface area contributed by atoms with Gasteiger partial charge in [0, 0.05) is 23.7 Å². The van der Waals surface area contributed by atoms with Gasteiger partial charge in [0.1, 0.15) is 5.76 Å². The molecule has 0 aliphatic carbocycles. The molecule has 1 N–H and O–H groups in total. The van der Waals surface area contributed by atoms with E-state index in [0.29, 0.717) is 6.04 Å². The van der Waals surface area contributed by atoms with E-state index < -0.39 is 0 Å². The van der Waals surface area contributed by atoms with Gasteiger partial charge in [0.25, 0.3) is 0 Å². The van der Waals surface area contributed by atoms with Crippen molar-refractivity contribution in [2.24, 2.45) is 0 Å². The van der Waals surface area contributed by atoms with Crippen LogP contribution in [0.3, 0.4) is 0 Å². The van der Waals surface area contributed by atoms with Gasteiger partial charge in [0.2, 0.25) is 0 Å². The highest BCUT2D eigenvalue weighted by molar-refractivity contribution is 7.14. The first-order valence-corrected chi connectivity index (χ1v) is 6.21. The molecular weight excluding hydrogens is 220 g/mol. The van der Waals surface area contributed by atoms with Crippen LogP contribution >= 0.6 is 11.3 Å². The van der Waals surface area contributed by atoms with Crippen molar-refractivity contribution < 1.29 is 4.42 Å². The summed E-state index contributed by atoms with van der Waals surface area (Å²) in [6, 6.07) is 4.42. The van der Waals surface area contributed by atoms with Crippen molar-refractivity contribution in [3.8, 4) is 10.8 Å². The summed E-state index contributed by atoms with van der Waals surface area (Å²) in [6.07, 6.45) is 1.91. The van der Waals surface area contributed by atoms with E-state index >= 15 is 0 Å². The van der Waals surface area contributed by atoms with Gasteiger partial charge in [0.15, 0.2) is 10.8 Å². The fourth-order valence-corrected chi connectivity index (χ4v) is 2.18. The minimum absolute atomic E-state index is 0.497. The molecule has 0 unspecified atom stereocenters. The second-order valence-electron chi connectivity index (χ2n) is 4.08. The van der Waals surface area contributed by atoms with E-state index in [1.165, 1.54) is 4.88 Å². The largest absolute Gasteiger partial charge is 0.459 e. The van der Waals surface area contributed by atoms with E-state index in [1.54, 1.807) is 11.3 Å². The number of thiazole rings is 1. The standard InChI is InChI=1S/C12H16N2OS/c1-8(2)13-6-10-7-14-12(16-10)11-5-4-9(3)15-11/h4-5,7-8,13H,6H2,1-3H3. The molecule has 0 aromatic carbocycles. The molecule has 0 aliphatic rings. The molecule has 0 saturated carbocycles. The van der Waals surface area contributed by atoms with Crippen LogP contribution in [0.2, 0.25) is 0 Å². The molecule has 2 aromatic rings. The van der Waals surface area contributed by atoms with Crippen LogP contribution in [0.1, 0.15) is 24.5 Å². The molecule has 4 heteroatoms. The summed E-state index contributed by atoms with van der Waals surface area (Å²) in [6.45, 7) is 7.09. The summed E-state index contributed by atoms with van der Waals surface area (Å²) in [4.78, 5) is 5.60. The summed E-state index contributed by atoms with van der Waals surface area (Å²) in [5.41, 5.74) is 0. The normalized spacial score (nSPS) is 11.2. The number of hydrogen-bond donors (Lipinski definition) is 1. The van der Waals surface area contributed by atoms with Gasteiger partial charge in [-0.05, 0) is 19.1 Å². The third kappa shape index (κ3) is 2.71. The van der Waals surface area contributed by atoms with E-state index in [4.69, 9.17) is 4.42 Å². The highest BCUT2D eigenvalue weighted by Gasteiger charge is 2.08. The van der Waals surface area contributed by atoms with Gasteiger partial charge in [-0.2, -0.15) is 0 Å². The summed E-state index contributed by atoms with van der Waals surface area (Å²) in [5, 5.41) is 4.32. The van der Waals surface area contributed by atoms with Gasteiger partial charge < -0.3 is 9.73 Å². The van der Waals surface area contributed by atoms with Crippen molar-refractivity contribution in [2.75, 3.05) is 0 Å². The van der Waals surface area contributed by atoms with Crippen molar-refractivity contribution in [2.45, 2.75) is 33.4 Å². The average Bonchev–Trinajstić information content (AvgIpc) is 2.83. The van der Waals surface area contributed by atoms with Gasteiger partial charge in [-0.3, -0.25) is 0 Å². The molecule has 0 fully saturated rings. The van der Waals surface area contributed by atoms with Crippen LogP contribution in [-0.4, -0.2) is 11.0 Å². The third-order valence-corrected chi connectivity index (χ3v) is 3.20. The number of nitrogens with one attached hydrogen (secondary N) is 1. The third-order valence-electron chi connectivity index (χ3n) is 2.19. The minimum atomic E-state index is 0.497. The fourth-order valence-electron chi connectivity index (χ4n) is 1.36. The van der Waals surface area contributed by atoms with Crippen LogP contribution in [0.4, 0.5) is 0 Å². The Morgan fingerprint density at radius 1 is 1.44 bits per heavy atom. The maximum absolute atomic E-state index is 5.54. The molecule has 0 atom stereocenters. The Hall–Kier alpha value is -1.13. The van der Waals surface area contributed by atoms with E-state index in [0.717, 1.165) is 23.1 Å². The van der Waals surface area contributed by atoms with Gasteiger partial charge in [-0.15, -0.1) is 11.3 Å². The van der Waals surface area contributed by atoms with E-state index in [2.05, 4.69) is 24.1 Å². The molecule has 0 spiro atoms. The number of rotatable bonds is 4. The van der Waals surface area contributed by atoms with Crippen LogP contribution in [0.5, 0.6) is 0 Å². The average molecular weight is 236 g/mol. The molecule has 0 bridgehead atoms. The molecule has 0 amide bonds. The zero-order valence-corrected chi connectivity index (χ0v) is 10.6. The molecule has 2 rings (SSSR count). The molecule has 0 radical (unpaired) electrons. The van der Waals surface area contributed by atoms with Crippen molar-refractivity contribution in [1.29, 1.82) is 0 Å². The summed E-state index contributed by atoms with van der Waals surface area (Å²) >= 11 is 1.67. The summed E-state index contributed by atoms with van der Waals surface area (Å²) in [7, 11) is 0. The van der Waals surface area contributed by atoms with Gasteiger partial charge in [0.05, 0.1) is 0 Å². The molecule has 2 aromatic heterocycles. The fraction of sp³-hybridized carbons (Fsp3) is 0.417. The monoisotopic (exact) mass is 236 g/mol. The zero-order chi connectivity index (χ0) is 11.5. The smallest absolute Gasteiger partial charge is 0.162 e. The predicted octanol–water partition coefficient (Wildman–Crippen LogP) is 3.21. The van der Waals surface area contributed by atoms with E-state index in [-0.39, 0.29) is 0 Å². The van der Waals surface area contributed by atoms with Gasteiger partial charge in [-0.1, -0.05) is 13.8 Å². The number of aryl methyl sites for hydroxylation is 1. The van der Waals surface area contributed by atoms with Crippen LogP contribution < -0.4 is 5.32 Å². The lowest BCUT2D eigenvalue weighted by atomic mass is 10.4. The molecule has 0 aliphatic heterocycles. The van der Waals surface area contributed by atoms with Crippen molar-refractivity contribution in [3.05, 3.63) is 29.0 Å². The SMILES string of the molecule is Cc1ccc(-c2ncc(CNC(C)C)s2)o1. The number of nitrogens with zero attached hydrogens (tertiary/aromatic N) is 1. The summed E-state index contributed by atoms with van der Waals surface area (Å²) in [5.74, 6) is 1.78. The Kier molecular flexibility index (Phi) is 3.41. The van der Waals surface area contributed by atoms with Crippen LogP contribution in [0, 0.1) is 6.92 Å². The molecular formula is C12H16N2OS. The topological polar surface area (TPSA) is 38.1 Å². The number of furan rings is 1. The van der Waals surface area contributed by atoms with Crippen molar-refractivity contribution in [1.82, 2.24) is 10.3 Å². The maximum atomic E-state index is 5.54. The number of aromatic nitrogens is 1. The minimum Gasteiger partial charge on any atom is -0.459 e. The highest BCUT2D eigenvalue weighted by atomic mass is 32.1. The van der Waals surface area contributed by atoms with Crippen LogP contribution in [0.25, 0.3) is 10.8 Å². The Labute approximate surface area is 99.5 Å². The Morgan fingerprint density at radius 3 is 2.88 bits per heavy atom. The molecule has 3 nitrogen and oxygen atoms in total. The Balaban J connectivity index is 2.07. The Bertz CT molecular complexity index is 459. The highest BCUT2D eigenvalue weighted by Crippen LogP contribution is 2.26. The number of hydrogen-bond acceptors (Lipinski definition) is 4. The second-order valence-corrected chi connectivity index (χ2v) is 5.19. The quantitative estimate of drug-likeness (QED) is 0.885. The second kappa shape index (κ2) is 4.80. The first kappa shape index (κ1) is 11.4. The van der Waals surface area contributed by atoms with Gasteiger partial charge in [-0.25, -0.2) is 4.98 Å². The van der Waals surface area contributed by atoms with Gasteiger partial charge >= 0.3 is 0 Å². The van der Waals surface area contributed by atoms with Crippen LogP contribution in [0.15, 0.2) is 22.7 Å². The maximum Gasteiger partial charge on any atom is 0.162 e. The lowest BCUT2D eigenvalue weighted by Gasteiger charge is -2.04. The van der Waals surface area contributed by atoms with E-state index in [1.807, 2.05) is 25.3 Å². The molecule has 0 saturated heterocycles. The molecule has 16 heavy (non-hydrogen) atoms. The first-order chi connectivity index (χ1) is 7.65. The molecule has 2 heterocycles. The lowest BCUT2D eigenvalue weighted by molar-refractivity contribution is 0.548. The van der Waals surface area contributed by atoms with Crippen molar-refractivity contribution >= 4 is 11.3 Å². The first-order valence-electron chi connectivity index (χ1n) is 5.40. The lowest BCUT2D eigenvalue weighted by Crippen LogP contribution is -2.21. The summed E-state index contributed by atoms with van der Waals surface area (Å²) < 4.78 is 5.54. The molecule has 86 valence electrons. The predicted molar refractivity (Wildman–Crippen MR) is 66.5 cm³/mol. The Morgan fingerprint density at radius 2 is 2.25 bits per heavy atom. The van der Waals surface area contributed by atoms with E-state index in [9.17, 15) is 0 Å². The van der Waals surface area contributed by atoms with Crippen LogP contribution in [-0.2, 0) is 6.54 Å². The zero-order valence-electron chi connectivity index (χ0n) is 9.78.